The zero-order valence-electron chi connectivity index (χ0n) is 16.1. The summed E-state index contributed by atoms with van der Waals surface area (Å²) in [5.41, 5.74) is 1.76. The van der Waals surface area contributed by atoms with Crippen molar-refractivity contribution >= 4 is 11.7 Å². The number of fused-ring (bicyclic) bond motifs is 1. The molecule has 3 rings (SSSR count). The lowest BCUT2D eigenvalue weighted by Gasteiger charge is -2.35. The summed E-state index contributed by atoms with van der Waals surface area (Å²) in [6, 6.07) is 9.32. The van der Waals surface area contributed by atoms with E-state index in [9.17, 15) is 9.59 Å². The standard InChI is InChI=1S/C21H26N2O4/c1-15-18-6-4-10-22(18)11-12-23(15)21(25)7-5-13-27-19-9-8-17(16(2)24)14-20(19)26-3/h4,6,8-10,14-15H,5,7,11-13H2,1-3H3. The number of carbonyl (C=O) groups excluding carboxylic acids is 2. The second kappa shape index (κ2) is 8.29. The molecule has 0 bridgehead atoms. The molecule has 1 aromatic heterocycles. The van der Waals surface area contributed by atoms with E-state index in [0.29, 0.717) is 36.5 Å². The molecule has 0 radical (unpaired) electrons. The second-order valence-electron chi connectivity index (χ2n) is 6.76. The summed E-state index contributed by atoms with van der Waals surface area (Å²) in [6.45, 7) is 5.58. The predicted molar refractivity (Wildman–Crippen MR) is 102 cm³/mol. The van der Waals surface area contributed by atoms with Crippen molar-refractivity contribution < 1.29 is 19.1 Å². The van der Waals surface area contributed by atoms with Gasteiger partial charge in [0.05, 0.1) is 19.8 Å². The Morgan fingerprint density at radius 2 is 2.00 bits per heavy atom. The van der Waals surface area contributed by atoms with Gasteiger partial charge >= 0.3 is 0 Å². The number of amides is 1. The Kier molecular flexibility index (Phi) is 5.84. The average molecular weight is 370 g/mol. The molecule has 2 heterocycles. The first-order chi connectivity index (χ1) is 13.0. The van der Waals surface area contributed by atoms with Gasteiger partial charge in [0.2, 0.25) is 5.91 Å². The summed E-state index contributed by atoms with van der Waals surface area (Å²) >= 11 is 0. The second-order valence-corrected chi connectivity index (χ2v) is 6.76. The zero-order chi connectivity index (χ0) is 19.4. The van der Waals surface area contributed by atoms with Gasteiger partial charge in [0.15, 0.2) is 17.3 Å². The van der Waals surface area contributed by atoms with Crippen molar-refractivity contribution in [1.82, 2.24) is 9.47 Å². The maximum absolute atomic E-state index is 12.6. The van der Waals surface area contributed by atoms with Gasteiger partial charge in [-0.25, -0.2) is 0 Å². The highest BCUT2D eigenvalue weighted by Gasteiger charge is 2.26. The average Bonchev–Trinajstić information content (AvgIpc) is 3.15. The van der Waals surface area contributed by atoms with Gasteiger partial charge in [0, 0.05) is 37.0 Å². The molecule has 0 saturated heterocycles. The highest BCUT2D eigenvalue weighted by Crippen LogP contribution is 2.29. The summed E-state index contributed by atoms with van der Waals surface area (Å²) in [4.78, 5) is 26.0. The molecule has 6 heteroatoms. The Hall–Kier alpha value is -2.76. The number of hydrogen-bond acceptors (Lipinski definition) is 4. The molecule has 1 unspecified atom stereocenters. The smallest absolute Gasteiger partial charge is 0.223 e. The van der Waals surface area contributed by atoms with Crippen molar-refractivity contribution in [3.63, 3.8) is 0 Å². The largest absolute Gasteiger partial charge is 0.493 e. The molecule has 1 aliphatic heterocycles. The van der Waals surface area contributed by atoms with Crippen molar-refractivity contribution in [3.05, 3.63) is 47.8 Å². The molecule has 1 aromatic carbocycles. The van der Waals surface area contributed by atoms with Crippen LogP contribution in [-0.2, 0) is 11.3 Å². The normalized spacial score (nSPS) is 16.0. The van der Waals surface area contributed by atoms with Gasteiger partial charge in [-0.1, -0.05) is 0 Å². The Morgan fingerprint density at radius 3 is 2.74 bits per heavy atom. The topological polar surface area (TPSA) is 60.8 Å². The third kappa shape index (κ3) is 4.15. The Morgan fingerprint density at radius 1 is 1.19 bits per heavy atom. The zero-order valence-corrected chi connectivity index (χ0v) is 16.1. The van der Waals surface area contributed by atoms with E-state index >= 15 is 0 Å². The van der Waals surface area contributed by atoms with Crippen LogP contribution in [0.2, 0.25) is 0 Å². The molecule has 0 fully saturated rings. The summed E-state index contributed by atoms with van der Waals surface area (Å²) in [5.74, 6) is 1.24. The van der Waals surface area contributed by atoms with E-state index in [1.54, 1.807) is 25.3 Å². The van der Waals surface area contributed by atoms with Crippen LogP contribution < -0.4 is 9.47 Å². The van der Waals surface area contributed by atoms with Crippen molar-refractivity contribution in [2.24, 2.45) is 0 Å². The minimum Gasteiger partial charge on any atom is -0.493 e. The first kappa shape index (κ1) is 19.0. The molecule has 0 saturated carbocycles. The third-order valence-electron chi connectivity index (χ3n) is 5.03. The fourth-order valence-corrected chi connectivity index (χ4v) is 3.47. The SMILES string of the molecule is COc1cc(C(C)=O)ccc1OCCCC(=O)N1CCn2cccc2C1C. The van der Waals surface area contributed by atoms with Crippen LogP contribution in [0.15, 0.2) is 36.5 Å². The summed E-state index contributed by atoms with van der Waals surface area (Å²) < 4.78 is 13.3. The van der Waals surface area contributed by atoms with Crippen LogP contribution in [0.4, 0.5) is 0 Å². The number of hydrogen-bond donors (Lipinski definition) is 0. The van der Waals surface area contributed by atoms with Crippen LogP contribution >= 0.6 is 0 Å². The van der Waals surface area contributed by atoms with Gasteiger partial charge in [-0.2, -0.15) is 0 Å². The molecule has 2 aromatic rings. The van der Waals surface area contributed by atoms with Crippen LogP contribution in [0, 0.1) is 0 Å². The lowest BCUT2D eigenvalue weighted by atomic mass is 10.1. The molecule has 0 spiro atoms. The maximum Gasteiger partial charge on any atom is 0.223 e. The van der Waals surface area contributed by atoms with Gasteiger partial charge in [-0.05, 0) is 50.6 Å². The van der Waals surface area contributed by atoms with E-state index in [0.717, 1.165) is 13.1 Å². The summed E-state index contributed by atoms with van der Waals surface area (Å²) in [5, 5.41) is 0. The number of nitrogens with zero attached hydrogens (tertiary/aromatic N) is 2. The van der Waals surface area contributed by atoms with Gasteiger partial charge in [0.25, 0.3) is 0 Å². The molecular weight excluding hydrogens is 344 g/mol. The highest BCUT2D eigenvalue weighted by molar-refractivity contribution is 5.94. The van der Waals surface area contributed by atoms with Crippen LogP contribution in [0.1, 0.15) is 48.8 Å². The molecule has 0 aliphatic carbocycles. The van der Waals surface area contributed by atoms with Gasteiger partial charge in [0.1, 0.15) is 0 Å². The van der Waals surface area contributed by atoms with E-state index in [1.807, 2.05) is 11.0 Å². The van der Waals surface area contributed by atoms with Gasteiger partial charge < -0.3 is 18.9 Å². The number of ether oxygens (including phenoxy) is 2. The number of aromatic nitrogens is 1. The number of rotatable bonds is 7. The Labute approximate surface area is 159 Å². The van der Waals surface area contributed by atoms with E-state index in [2.05, 4.69) is 23.8 Å². The molecular formula is C21H26N2O4. The molecule has 6 nitrogen and oxygen atoms in total. The summed E-state index contributed by atoms with van der Waals surface area (Å²) in [6.07, 6.45) is 3.13. The molecule has 1 aliphatic rings. The lowest BCUT2D eigenvalue weighted by Crippen LogP contribution is -2.40. The summed E-state index contributed by atoms with van der Waals surface area (Å²) in [7, 11) is 1.54. The van der Waals surface area contributed by atoms with Gasteiger partial charge in [-0.3, -0.25) is 9.59 Å². The number of benzene rings is 1. The van der Waals surface area contributed by atoms with Crippen LogP contribution in [0.3, 0.4) is 0 Å². The number of Topliss-reactive ketones (excluding diaryl/α,β-unsaturated/α-hetero) is 1. The fraction of sp³-hybridized carbons (Fsp3) is 0.429. The van der Waals surface area contributed by atoms with Crippen molar-refractivity contribution in [3.8, 4) is 11.5 Å². The van der Waals surface area contributed by atoms with Crippen LogP contribution in [0.5, 0.6) is 11.5 Å². The van der Waals surface area contributed by atoms with E-state index < -0.39 is 0 Å². The molecule has 1 atom stereocenters. The number of ketones is 1. The van der Waals surface area contributed by atoms with E-state index in [4.69, 9.17) is 9.47 Å². The van der Waals surface area contributed by atoms with Crippen molar-refractivity contribution in [1.29, 1.82) is 0 Å². The molecule has 0 N–H and O–H groups in total. The highest BCUT2D eigenvalue weighted by atomic mass is 16.5. The Balaban J connectivity index is 1.50. The molecule has 27 heavy (non-hydrogen) atoms. The van der Waals surface area contributed by atoms with Crippen molar-refractivity contribution in [2.75, 3.05) is 20.3 Å². The Bertz CT molecular complexity index is 827. The third-order valence-corrected chi connectivity index (χ3v) is 5.03. The lowest BCUT2D eigenvalue weighted by molar-refractivity contribution is -0.134. The minimum atomic E-state index is -0.0211. The van der Waals surface area contributed by atoms with Crippen molar-refractivity contribution in [2.45, 2.75) is 39.3 Å². The van der Waals surface area contributed by atoms with Crippen LogP contribution in [-0.4, -0.2) is 41.4 Å². The number of carbonyl (C=O) groups is 2. The fourth-order valence-electron chi connectivity index (χ4n) is 3.47. The molecule has 144 valence electrons. The van der Waals surface area contributed by atoms with Gasteiger partial charge in [-0.15, -0.1) is 0 Å². The first-order valence-electron chi connectivity index (χ1n) is 9.27. The van der Waals surface area contributed by atoms with E-state index in [-0.39, 0.29) is 17.7 Å². The first-order valence-corrected chi connectivity index (χ1v) is 9.27. The predicted octanol–water partition coefficient (Wildman–Crippen LogP) is 3.46. The maximum atomic E-state index is 12.6. The minimum absolute atomic E-state index is 0.0211. The quantitative estimate of drug-likeness (QED) is 0.553. The van der Waals surface area contributed by atoms with E-state index in [1.165, 1.54) is 12.6 Å². The monoisotopic (exact) mass is 370 g/mol. The number of methoxy groups -OCH3 is 1. The molecule has 1 amide bonds. The van der Waals surface area contributed by atoms with Crippen LogP contribution in [0.25, 0.3) is 0 Å².